The highest BCUT2D eigenvalue weighted by Gasteiger charge is 2.36. The van der Waals surface area contributed by atoms with Crippen molar-refractivity contribution in [2.24, 2.45) is 0 Å². The molecule has 3 rings (SSSR count). The first kappa shape index (κ1) is 15.5. The number of benzene rings is 1. The van der Waals surface area contributed by atoms with Gasteiger partial charge < -0.3 is 15.3 Å². The van der Waals surface area contributed by atoms with Crippen LogP contribution in [-0.4, -0.2) is 34.1 Å². The molecule has 23 heavy (non-hydrogen) atoms. The van der Waals surface area contributed by atoms with E-state index in [1.54, 1.807) is 17.3 Å². The van der Waals surface area contributed by atoms with Crippen molar-refractivity contribution in [3.8, 4) is 0 Å². The lowest BCUT2D eigenvalue weighted by Gasteiger charge is -2.39. The lowest BCUT2D eigenvalue weighted by molar-refractivity contribution is -0.0230. The van der Waals surface area contributed by atoms with Crippen LogP contribution in [0.1, 0.15) is 24.0 Å². The quantitative estimate of drug-likeness (QED) is 0.914. The molecule has 1 atom stereocenters. The smallest absolute Gasteiger partial charge is 0.317 e. The standard InChI is InChI=1S/C18H21N3O2/c22-17(20-13-15-6-4-10-19-12-15)21-11-5-9-18(23,14-21)16-7-2-1-3-8-16/h1-4,6-8,10,12,23H,5,9,11,13-14H2,(H,20,22). The van der Waals surface area contributed by atoms with Crippen LogP contribution >= 0.6 is 0 Å². The summed E-state index contributed by atoms with van der Waals surface area (Å²) in [6.07, 6.45) is 4.89. The molecule has 0 bridgehead atoms. The van der Waals surface area contributed by atoms with E-state index in [1.807, 2.05) is 42.5 Å². The number of nitrogens with one attached hydrogen (secondary N) is 1. The van der Waals surface area contributed by atoms with Gasteiger partial charge in [0.1, 0.15) is 5.60 Å². The fourth-order valence-corrected chi connectivity index (χ4v) is 2.99. The third-order valence-corrected chi connectivity index (χ3v) is 4.24. The first-order valence-electron chi connectivity index (χ1n) is 7.87. The Kier molecular flexibility index (Phi) is 4.57. The fourth-order valence-electron chi connectivity index (χ4n) is 2.99. The topological polar surface area (TPSA) is 65.5 Å². The Labute approximate surface area is 136 Å². The molecule has 1 aliphatic heterocycles. The normalized spacial score (nSPS) is 21.0. The molecule has 2 heterocycles. The van der Waals surface area contributed by atoms with Crippen molar-refractivity contribution >= 4 is 6.03 Å². The van der Waals surface area contributed by atoms with Crippen LogP contribution in [0.25, 0.3) is 0 Å². The predicted octanol–water partition coefficient (Wildman–Crippen LogP) is 2.27. The van der Waals surface area contributed by atoms with Crippen molar-refractivity contribution in [3.63, 3.8) is 0 Å². The zero-order valence-corrected chi connectivity index (χ0v) is 13.0. The molecular formula is C18H21N3O2. The van der Waals surface area contributed by atoms with Gasteiger partial charge >= 0.3 is 6.03 Å². The highest BCUT2D eigenvalue weighted by molar-refractivity contribution is 5.74. The number of piperidine rings is 1. The molecule has 5 nitrogen and oxygen atoms in total. The maximum absolute atomic E-state index is 12.4. The molecular weight excluding hydrogens is 290 g/mol. The van der Waals surface area contributed by atoms with E-state index < -0.39 is 5.60 Å². The summed E-state index contributed by atoms with van der Waals surface area (Å²) in [5.74, 6) is 0. The van der Waals surface area contributed by atoms with Gasteiger partial charge in [-0.1, -0.05) is 36.4 Å². The van der Waals surface area contributed by atoms with E-state index in [0.717, 1.165) is 17.5 Å². The monoisotopic (exact) mass is 311 g/mol. The molecule has 2 amide bonds. The molecule has 0 saturated carbocycles. The van der Waals surface area contributed by atoms with Crippen LogP contribution in [0.15, 0.2) is 54.9 Å². The molecule has 1 aromatic carbocycles. The number of rotatable bonds is 3. The minimum atomic E-state index is -0.967. The Bertz CT molecular complexity index is 648. The van der Waals surface area contributed by atoms with Crippen LogP contribution < -0.4 is 5.32 Å². The predicted molar refractivity (Wildman–Crippen MR) is 87.6 cm³/mol. The molecule has 2 aromatic rings. The van der Waals surface area contributed by atoms with E-state index in [9.17, 15) is 9.90 Å². The van der Waals surface area contributed by atoms with Gasteiger partial charge in [-0.25, -0.2) is 4.79 Å². The summed E-state index contributed by atoms with van der Waals surface area (Å²) in [6.45, 7) is 1.41. The molecule has 1 saturated heterocycles. The molecule has 1 unspecified atom stereocenters. The Morgan fingerprint density at radius 1 is 1.26 bits per heavy atom. The van der Waals surface area contributed by atoms with Gasteiger partial charge in [0.25, 0.3) is 0 Å². The Morgan fingerprint density at radius 2 is 2.09 bits per heavy atom. The van der Waals surface area contributed by atoms with Crippen molar-refractivity contribution in [1.82, 2.24) is 15.2 Å². The molecule has 1 fully saturated rings. The van der Waals surface area contributed by atoms with E-state index >= 15 is 0 Å². The summed E-state index contributed by atoms with van der Waals surface area (Å²) in [6, 6.07) is 13.2. The van der Waals surface area contributed by atoms with E-state index in [1.165, 1.54) is 0 Å². The summed E-state index contributed by atoms with van der Waals surface area (Å²) in [7, 11) is 0. The molecule has 2 N–H and O–H groups in total. The lowest BCUT2D eigenvalue weighted by Crippen LogP contribution is -2.51. The zero-order valence-electron chi connectivity index (χ0n) is 13.0. The number of amides is 2. The number of pyridine rings is 1. The van der Waals surface area contributed by atoms with Gasteiger partial charge in [-0.15, -0.1) is 0 Å². The number of carbonyl (C=O) groups is 1. The van der Waals surface area contributed by atoms with Crippen LogP contribution in [0.4, 0.5) is 4.79 Å². The molecule has 1 aliphatic rings. The zero-order chi connectivity index (χ0) is 16.1. The number of likely N-dealkylation sites (tertiary alicyclic amines) is 1. The second kappa shape index (κ2) is 6.79. The van der Waals surface area contributed by atoms with Crippen molar-refractivity contribution in [2.75, 3.05) is 13.1 Å². The van der Waals surface area contributed by atoms with Crippen LogP contribution in [0.5, 0.6) is 0 Å². The summed E-state index contributed by atoms with van der Waals surface area (Å²) < 4.78 is 0. The van der Waals surface area contributed by atoms with Crippen LogP contribution in [0, 0.1) is 0 Å². The molecule has 120 valence electrons. The Hall–Kier alpha value is -2.40. The van der Waals surface area contributed by atoms with E-state index in [-0.39, 0.29) is 6.03 Å². The lowest BCUT2D eigenvalue weighted by atomic mass is 9.86. The molecule has 5 heteroatoms. The first-order chi connectivity index (χ1) is 11.2. The Morgan fingerprint density at radius 3 is 2.83 bits per heavy atom. The number of nitrogens with zero attached hydrogens (tertiary/aromatic N) is 2. The fraction of sp³-hybridized carbons (Fsp3) is 0.333. The number of aromatic nitrogens is 1. The van der Waals surface area contributed by atoms with Crippen molar-refractivity contribution in [1.29, 1.82) is 0 Å². The number of hydrogen-bond acceptors (Lipinski definition) is 3. The average molecular weight is 311 g/mol. The Balaban J connectivity index is 1.63. The van der Waals surface area contributed by atoms with Crippen molar-refractivity contribution in [2.45, 2.75) is 25.0 Å². The van der Waals surface area contributed by atoms with Crippen LogP contribution in [0.3, 0.4) is 0 Å². The van der Waals surface area contributed by atoms with Gasteiger partial charge in [0.2, 0.25) is 0 Å². The van der Waals surface area contributed by atoms with Gasteiger partial charge in [0.05, 0.1) is 6.54 Å². The number of carbonyl (C=O) groups excluding carboxylic acids is 1. The minimum absolute atomic E-state index is 0.150. The number of hydrogen-bond donors (Lipinski definition) is 2. The molecule has 0 radical (unpaired) electrons. The summed E-state index contributed by atoms with van der Waals surface area (Å²) in [5.41, 5.74) is 0.853. The molecule has 0 spiro atoms. The molecule has 0 aliphatic carbocycles. The summed E-state index contributed by atoms with van der Waals surface area (Å²) in [4.78, 5) is 18.1. The van der Waals surface area contributed by atoms with Gasteiger partial charge in [-0.3, -0.25) is 4.98 Å². The minimum Gasteiger partial charge on any atom is -0.383 e. The number of β-amino-alcohol motifs (C(OH)–C–C–N with tert-alkyl or cyclic N) is 1. The average Bonchev–Trinajstić information content (AvgIpc) is 2.61. The SMILES string of the molecule is O=C(NCc1cccnc1)N1CCCC(O)(c2ccccc2)C1. The molecule has 1 aromatic heterocycles. The van der Waals surface area contributed by atoms with Gasteiger partial charge in [0, 0.05) is 25.5 Å². The highest BCUT2D eigenvalue weighted by atomic mass is 16.3. The summed E-state index contributed by atoms with van der Waals surface area (Å²) >= 11 is 0. The van der Waals surface area contributed by atoms with E-state index in [2.05, 4.69) is 10.3 Å². The maximum Gasteiger partial charge on any atom is 0.317 e. The number of urea groups is 1. The van der Waals surface area contributed by atoms with Gasteiger partial charge in [-0.05, 0) is 30.0 Å². The van der Waals surface area contributed by atoms with Crippen molar-refractivity contribution in [3.05, 3.63) is 66.0 Å². The summed E-state index contributed by atoms with van der Waals surface area (Å²) in [5, 5.41) is 13.8. The van der Waals surface area contributed by atoms with Gasteiger partial charge in [0.15, 0.2) is 0 Å². The largest absolute Gasteiger partial charge is 0.383 e. The third kappa shape index (κ3) is 3.68. The van der Waals surface area contributed by atoms with Crippen LogP contribution in [0.2, 0.25) is 0 Å². The van der Waals surface area contributed by atoms with Crippen LogP contribution in [-0.2, 0) is 12.1 Å². The van der Waals surface area contributed by atoms with Crippen molar-refractivity contribution < 1.29 is 9.90 Å². The highest BCUT2D eigenvalue weighted by Crippen LogP contribution is 2.31. The van der Waals surface area contributed by atoms with Gasteiger partial charge in [-0.2, -0.15) is 0 Å². The first-order valence-corrected chi connectivity index (χ1v) is 7.87. The number of aliphatic hydroxyl groups is 1. The van der Waals surface area contributed by atoms with E-state index in [4.69, 9.17) is 0 Å². The van der Waals surface area contributed by atoms with E-state index in [0.29, 0.717) is 26.1 Å². The third-order valence-electron chi connectivity index (χ3n) is 4.24. The second-order valence-electron chi connectivity index (χ2n) is 5.94. The second-order valence-corrected chi connectivity index (χ2v) is 5.94. The maximum atomic E-state index is 12.4.